The largest absolute Gasteiger partial charge is 0.495 e. The number of carbonyl (C=O) groups is 1. The predicted molar refractivity (Wildman–Crippen MR) is 103 cm³/mol. The third-order valence-electron chi connectivity index (χ3n) is 5.40. The van der Waals surface area contributed by atoms with Gasteiger partial charge in [-0.25, -0.2) is 4.79 Å². The van der Waals surface area contributed by atoms with E-state index < -0.39 is 0 Å². The number of ether oxygens (including phenoxy) is 2. The Labute approximate surface area is 156 Å². The lowest BCUT2D eigenvalue weighted by Gasteiger charge is -2.34. The summed E-state index contributed by atoms with van der Waals surface area (Å²) in [5, 5.41) is 6.17. The minimum atomic E-state index is -0.0418. The van der Waals surface area contributed by atoms with Gasteiger partial charge in [0, 0.05) is 32.3 Å². The average molecular weight is 361 g/mol. The fourth-order valence-corrected chi connectivity index (χ4v) is 3.91. The molecule has 2 amide bonds. The highest BCUT2D eigenvalue weighted by Crippen LogP contribution is 2.29. The summed E-state index contributed by atoms with van der Waals surface area (Å²) in [6.07, 6.45) is 4.25. The normalized spacial score (nSPS) is 24.2. The summed E-state index contributed by atoms with van der Waals surface area (Å²) in [5.74, 6) is 1.43. The monoisotopic (exact) mass is 361 g/mol. The molecule has 2 fully saturated rings. The lowest BCUT2D eigenvalue weighted by molar-refractivity contribution is 0.00344. The summed E-state index contributed by atoms with van der Waals surface area (Å²) in [6.45, 7) is 5.48. The highest BCUT2D eigenvalue weighted by atomic mass is 16.5. The minimum absolute atomic E-state index is 0.0418. The Kier molecular flexibility index (Phi) is 6.61. The molecule has 2 atom stereocenters. The van der Waals surface area contributed by atoms with Crippen molar-refractivity contribution in [2.24, 2.45) is 5.92 Å². The second-order valence-corrected chi connectivity index (χ2v) is 7.36. The number of nitrogens with zero attached hydrogens (tertiary/aromatic N) is 1. The van der Waals surface area contributed by atoms with Crippen molar-refractivity contribution in [2.75, 3.05) is 38.3 Å². The van der Waals surface area contributed by atoms with Crippen molar-refractivity contribution in [1.29, 1.82) is 0 Å². The number of benzene rings is 1. The fourth-order valence-electron chi connectivity index (χ4n) is 3.91. The molecule has 0 saturated carbocycles. The molecule has 0 radical (unpaired) electrons. The molecule has 0 aromatic heterocycles. The number of rotatable bonds is 5. The van der Waals surface area contributed by atoms with Gasteiger partial charge >= 0.3 is 6.03 Å². The lowest BCUT2D eigenvalue weighted by atomic mass is 9.96. The molecule has 2 aliphatic rings. The highest BCUT2D eigenvalue weighted by Gasteiger charge is 2.23. The zero-order valence-corrected chi connectivity index (χ0v) is 15.9. The van der Waals surface area contributed by atoms with Crippen molar-refractivity contribution in [2.45, 2.75) is 44.8 Å². The van der Waals surface area contributed by atoms with Crippen molar-refractivity contribution in [3.05, 3.63) is 24.3 Å². The molecule has 0 aliphatic carbocycles. The number of anilines is 1. The first-order valence-corrected chi connectivity index (χ1v) is 9.69. The van der Waals surface area contributed by atoms with E-state index in [1.54, 1.807) is 7.11 Å². The molecular weight excluding hydrogens is 330 g/mol. The van der Waals surface area contributed by atoms with Crippen LogP contribution < -0.4 is 20.3 Å². The highest BCUT2D eigenvalue weighted by molar-refractivity contribution is 5.74. The first-order chi connectivity index (χ1) is 12.7. The molecule has 1 aromatic carbocycles. The zero-order chi connectivity index (χ0) is 18.4. The van der Waals surface area contributed by atoms with Crippen LogP contribution in [0.25, 0.3) is 0 Å². The van der Waals surface area contributed by atoms with Gasteiger partial charge in [0.25, 0.3) is 0 Å². The second kappa shape index (κ2) is 9.12. The van der Waals surface area contributed by atoms with E-state index in [-0.39, 0.29) is 12.1 Å². The second-order valence-electron chi connectivity index (χ2n) is 7.36. The first-order valence-electron chi connectivity index (χ1n) is 9.69. The maximum Gasteiger partial charge on any atom is 0.315 e. The topological polar surface area (TPSA) is 62.8 Å². The Morgan fingerprint density at radius 3 is 2.77 bits per heavy atom. The maximum absolute atomic E-state index is 12.2. The Balaban J connectivity index is 1.40. The zero-order valence-electron chi connectivity index (χ0n) is 15.9. The lowest BCUT2D eigenvalue weighted by Crippen LogP contribution is -2.49. The molecule has 6 heteroatoms. The number of amides is 2. The number of carbonyl (C=O) groups excluding carboxylic acids is 1. The number of hydrogen-bond donors (Lipinski definition) is 2. The van der Waals surface area contributed by atoms with E-state index in [1.807, 2.05) is 18.2 Å². The molecule has 26 heavy (non-hydrogen) atoms. The van der Waals surface area contributed by atoms with Crippen LogP contribution in [-0.2, 0) is 4.74 Å². The number of piperidine rings is 1. The summed E-state index contributed by atoms with van der Waals surface area (Å²) < 4.78 is 11.0. The summed E-state index contributed by atoms with van der Waals surface area (Å²) >= 11 is 0. The van der Waals surface area contributed by atoms with Crippen molar-refractivity contribution in [3.8, 4) is 5.75 Å². The molecule has 1 aromatic rings. The Morgan fingerprint density at radius 2 is 2.04 bits per heavy atom. The molecule has 0 bridgehead atoms. The van der Waals surface area contributed by atoms with Gasteiger partial charge in [0.15, 0.2) is 0 Å². The quantitative estimate of drug-likeness (QED) is 0.847. The molecule has 0 spiro atoms. The van der Waals surface area contributed by atoms with Gasteiger partial charge in [-0.3, -0.25) is 0 Å². The summed E-state index contributed by atoms with van der Waals surface area (Å²) in [5.41, 5.74) is 1.13. The van der Waals surface area contributed by atoms with E-state index in [0.29, 0.717) is 12.0 Å². The average Bonchev–Trinajstić information content (AvgIpc) is 2.67. The molecule has 6 nitrogen and oxygen atoms in total. The van der Waals surface area contributed by atoms with Crippen LogP contribution in [-0.4, -0.2) is 51.5 Å². The predicted octanol–water partition coefficient (Wildman–Crippen LogP) is 2.78. The van der Waals surface area contributed by atoms with Crippen molar-refractivity contribution >= 4 is 11.7 Å². The van der Waals surface area contributed by atoms with Gasteiger partial charge in [0.2, 0.25) is 0 Å². The van der Waals surface area contributed by atoms with Crippen LogP contribution in [0.4, 0.5) is 10.5 Å². The van der Waals surface area contributed by atoms with E-state index in [2.05, 4.69) is 28.5 Å². The molecule has 3 rings (SSSR count). The molecule has 2 N–H and O–H groups in total. The Bertz CT molecular complexity index is 587. The number of hydrogen-bond acceptors (Lipinski definition) is 4. The van der Waals surface area contributed by atoms with E-state index in [4.69, 9.17) is 9.47 Å². The summed E-state index contributed by atoms with van der Waals surface area (Å²) in [4.78, 5) is 14.5. The minimum Gasteiger partial charge on any atom is -0.495 e. The Morgan fingerprint density at radius 1 is 1.27 bits per heavy atom. The van der Waals surface area contributed by atoms with Crippen molar-refractivity contribution in [3.63, 3.8) is 0 Å². The molecular formula is C20H31N3O3. The van der Waals surface area contributed by atoms with Crippen LogP contribution in [0.2, 0.25) is 0 Å². The van der Waals surface area contributed by atoms with Crippen molar-refractivity contribution in [1.82, 2.24) is 10.6 Å². The van der Waals surface area contributed by atoms with Crippen LogP contribution in [0.1, 0.15) is 32.6 Å². The van der Waals surface area contributed by atoms with Gasteiger partial charge < -0.3 is 25.0 Å². The van der Waals surface area contributed by atoms with Gasteiger partial charge in [-0.05, 0) is 50.7 Å². The van der Waals surface area contributed by atoms with Crippen LogP contribution in [0.5, 0.6) is 5.75 Å². The molecule has 2 heterocycles. The van der Waals surface area contributed by atoms with Gasteiger partial charge in [-0.15, -0.1) is 0 Å². The molecule has 2 saturated heterocycles. The number of methoxy groups -OCH3 is 1. The van der Waals surface area contributed by atoms with Crippen LogP contribution >= 0.6 is 0 Å². The van der Waals surface area contributed by atoms with Gasteiger partial charge in [0.05, 0.1) is 18.9 Å². The third-order valence-corrected chi connectivity index (χ3v) is 5.40. The SMILES string of the molecule is COc1ccccc1N1CCC(NC(=O)NCC2CCOC(C)C2)CC1. The number of urea groups is 1. The van der Waals surface area contributed by atoms with E-state index in [1.165, 1.54) is 0 Å². The van der Waals surface area contributed by atoms with E-state index in [9.17, 15) is 4.79 Å². The summed E-state index contributed by atoms with van der Waals surface area (Å²) in [6, 6.07) is 8.29. The van der Waals surface area contributed by atoms with Gasteiger partial charge in [-0.2, -0.15) is 0 Å². The number of nitrogens with one attached hydrogen (secondary N) is 2. The standard InChI is InChI=1S/C20H31N3O3/c1-15-13-16(9-12-26-15)14-21-20(24)22-17-7-10-23(11-8-17)18-5-3-4-6-19(18)25-2/h3-6,15-17H,7-14H2,1-2H3,(H2,21,22,24). The van der Waals surface area contributed by atoms with Crippen LogP contribution in [0, 0.1) is 5.92 Å². The Hall–Kier alpha value is -1.95. The van der Waals surface area contributed by atoms with E-state index >= 15 is 0 Å². The first kappa shape index (κ1) is 18.8. The van der Waals surface area contributed by atoms with Crippen LogP contribution in [0.3, 0.4) is 0 Å². The van der Waals surface area contributed by atoms with Gasteiger partial charge in [-0.1, -0.05) is 12.1 Å². The molecule has 144 valence electrons. The molecule has 2 aliphatic heterocycles. The maximum atomic E-state index is 12.2. The van der Waals surface area contributed by atoms with Gasteiger partial charge in [0.1, 0.15) is 5.75 Å². The summed E-state index contributed by atoms with van der Waals surface area (Å²) in [7, 11) is 1.71. The van der Waals surface area contributed by atoms with Crippen molar-refractivity contribution < 1.29 is 14.3 Å². The molecule has 2 unspecified atom stereocenters. The third kappa shape index (κ3) is 5.04. The fraction of sp³-hybridized carbons (Fsp3) is 0.650. The van der Waals surface area contributed by atoms with E-state index in [0.717, 1.165) is 63.4 Å². The number of para-hydroxylation sites is 2. The smallest absolute Gasteiger partial charge is 0.315 e. The van der Waals surface area contributed by atoms with Crippen LogP contribution in [0.15, 0.2) is 24.3 Å².